The first-order valence-electron chi connectivity index (χ1n) is 6.58. The molecule has 0 amide bonds. The van der Waals surface area contributed by atoms with Crippen molar-refractivity contribution in [3.05, 3.63) is 53.2 Å². The minimum Gasteiger partial charge on any atom is -0.461 e. The number of thioether (sulfide) groups is 1. The maximum absolute atomic E-state index is 11.8. The van der Waals surface area contributed by atoms with Gasteiger partial charge in [-0.15, -0.1) is 23.1 Å². The van der Waals surface area contributed by atoms with Crippen molar-refractivity contribution in [2.24, 2.45) is 0 Å². The fraction of sp³-hybridized carbons (Fsp3) is 0.200. The summed E-state index contributed by atoms with van der Waals surface area (Å²) in [5, 5.41) is 2.70. The zero-order valence-corrected chi connectivity index (χ0v) is 13.1. The van der Waals surface area contributed by atoms with Gasteiger partial charge >= 0.3 is 5.97 Å². The Morgan fingerprint density at radius 1 is 1.38 bits per heavy atom. The third-order valence-electron chi connectivity index (χ3n) is 2.90. The molecular weight excluding hydrogens is 304 g/mol. The van der Waals surface area contributed by atoms with Crippen molar-refractivity contribution in [2.45, 2.75) is 17.7 Å². The van der Waals surface area contributed by atoms with Crippen molar-refractivity contribution in [1.82, 2.24) is 9.38 Å². The first-order valence-corrected chi connectivity index (χ1v) is 8.45. The number of hydrogen-bond donors (Lipinski definition) is 0. The molecule has 6 heteroatoms. The molecule has 0 N–H and O–H groups in total. The predicted molar refractivity (Wildman–Crippen MR) is 85.0 cm³/mol. The summed E-state index contributed by atoms with van der Waals surface area (Å²) in [5.41, 5.74) is 1.79. The number of esters is 1. The maximum atomic E-state index is 11.8. The van der Waals surface area contributed by atoms with Crippen molar-refractivity contribution >= 4 is 34.0 Å². The van der Waals surface area contributed by atoms with Gasteiger partial charge in [0, 0.05) is 17.3 Å². The third-order valence-corrected chi connectivity index (χ3v) is 4.71. The zero-order chi connectivity index (χ0) is 14.7. The van der Waals surface area contributed by atoms with Gasteiger partial charge in [0.1, 0.15) is 10.7 Å². The van der Waals surface area contributed by atoms with Crippen LogP contribution in [0.4, 0.5) is 0 Å². The molecule has 1 aromatic carbocycles. The Bertz CT molecular complexity index is 749. The summed E-state index contributed by atoms with van der Waals surface area (Å²) in [6.07, 6.45) is 1.89. The molecular formula is C15H14N2O2S2. The van der Waals surface area contributed by atoms with Crippen LogP contribution in [0.15, 0.2) is 46.9 Å². The Kier molecular flexibility index (Phi) is 4.26. The van der Waals surface area contributed by atoms with Gasteiger partial charge < -0.3 is 4.74 Å². The maximum Gasteiger partial charge on any atom is 0.356 e. The van der Waals surface area contributed by atoms with E-state index >= 15 is 0 Å². The lowest BCUT2D eigenvalue weighted by molar-refractivity contribution is 0.0518. The van der Waals surface area contributed by atoms with Crippen LogP contribution in [-0.2, 0) is 10.5 Å². The lowest BCUT2D eigenvalue weighted by Crippen LogP contribution is -2.06. The molecule has 108 valence electrons. The highest BCUT2D eigenvalue weighted by Gasteiger charge is 2.15. The van der Waals surface area contributed by atoms with Crippen molar-refractivity contribution in [1.29, 1.82) is 0 Å². The largest absolute Gasteiger partial charge is 0.461 e. The Morgan fingerprint density at radius 3 is 2.95 bits per heavy atom. The normalized spacial score (nSPS) is 10.9. The Hall–Kier alpha value is -1.79. The van der Waals surface area contributed by atoms with Crippen LogP contribution in [0.3, 0.4) is 0 Å². The smallest absolute Gasteiger partial charge is 0.356 e. The lowest BCUT2D eigenvalue weighted by atomic mass is 10.2. The van der Waals surface area contributed by atoms with Gasteiger partial charge in [0.05, 0.1) is 6.61 Å². The molecule has 0 aliphatic carbocycles. The number of carbonyl (C=O) groups is 1. The average molecular weight is 318 g/mol. The van der Waals surface area contributed by atoms with E-state index in [1.807, 2.05) is 24.4 Å². The summed E-state index contributed by atoms with van der Waals surface area (Å²) in [7, 11) is 0. The monoisotopic (exact) mass is 318 g/mol. The van der Waals surface area contributed by atoms with Gasteiger partial charge in [-0.1, -0.05) is 30.3 Å². The van der Waals surface area contributed by atoms with Crippen LogP contribution in [0.2, 0.25) is 0 Å². The second-order valence-electron chi connectivity index (χ2n) is 4.35. The minimum atomic E-state index is -0.305. The van der Waals surface area contributed by atoms with E-state index < -0.39 is 0 Å². The van der Waals surface area contributed by atoms with E-state index in [1.165, 1.54) is 16.9 Å². The molecule has 0 atom stereocenters. The molecule has 0 saturated carbocycles. The lowest BCUT2D eigenvalue weighted by Gasteiger charge is -1.99. The highest BCUT2D eigenvalue weighted by atomic mass is 32.2. The molecule has 0 bridgehead atoms. The first kappa shape index (κ1) is 14.2. The molecule has 3 rings (SSSR count). The van der Waals surface area contributed by atoms with Gasteiger partial charge in [-0.25, -0.2) is 9.78 Å². The van der Waals surface area contributed by atoms with Gasteiger partial charge in [-0.2, -0.15) is 0 Å². The van der Waals surface area contributed by atoms with Gasteiger partial charge in [-0.3, -0.25) is 4.40 Å². The Labute approximate surface area is 130 Å². The standard InChI is InChI=1S/C15H14N2O2S2/c1-2-19-14(18)12-10-21-15-16-13(8-17(12)15)20-9-11-6-4-3-5-7-11/h3-8,10H,2,9H2,1H3. The van der Waals surface area contributed by atoms with Crippen molar-refractivity contribution in [2.75, 3.05) is 6.61 Å². The SMILES string of the molecule is CCOC(=O)c1csc2nc(SCc3ccccc3)cn12. The summed E-state index contributed by atoms with van der Waals surface area (Å²) in [6.45, 7) is 2.18. The van der Waals surface area contributed by atoms with E-state index in [2.05, 4.69) is 17.1 Å². The van der Waals surface area contributed by atoms with Crippen molar-refractivity contribution < 1.29 is 9.53 Å². The molecule has 3 aromatic rings. The molecule has 2 aromatic heterocycles. The quantitative estimate of drug-likeness (QED) is 0.529. The molecule has 21 heavy (non-hydrogen) atoms. The third kappa shape index (κ3) is 3.11. The molecule has 0 spiro atoms. The number of imidazole rings is 1. The number of thiazole rings is 1. The van der Waals surface area contributed by atoms with E-state index in [4.69, 9.17) is 4.74 Å². The number of ether oxygens (including phenoxy) is 1. The van der Waals surface area contributed by atoms with Gasteiger partial charge in [0.15, 0.2) is 4.96 Å². The van der Waals surface area contributed by atoms with Crippen LogP contribution in [0.25, 0.3) is 4.96 Å². The number of carbonyl (C=O) groups excluding carboxylic acids is 1. The van der Waals surface area contributed by atoms with Gasteiger partial charge in [0.2, 0.25) is 0 Å². The van der Waals surface area contributed by atoms with Crippen LogP contribution in [0.5, 0.6) is 0 Å². The minimum absolute atomic E-state index is 0.305. The van der Waals surface area contributed by atoms with Crippen molar-refractivity contribution in [3.63, 3.8) is 0 Å². The fourth-order valence-electron chi connectivity index (χ4n) is 1.92. The number of aromatic nitrogens is 2. The van der Waals surface area contributed by atoms with E-state index in [-0.39, 0.29) is 5.97 Å². The summed E-state index contributed by atoms with van der Waals surface area (Å²) in [6, 6.07) is 10.2. The number of benzene rings is 1. The van der Waals surface area contributed by atoms with Gasteiger partial charge in [0.25, 0.3) is 0 Å². The summed E-state index contributed by atoms with van der Waals surface area (Å²) < 4.78 is 6.85. The van der Waals surface area contributed by atoms with Crippen LogP contribution in [0, 0.1) is 0 Å². The molecule has 2 heterocycles. The van der Waals surface area contributed by atoms with E-state index in [9.17, 15) is 4.79 Å². The summed E-state index contributed by atoms with van der Waals surface area (Å²) in [5.74, 6) is 0.557. The molecule has 4 nitrogen and oxygen atoms in total. The predicted octanol–water partition coefficient (Wildman–Crippen LogP) is 3.86. The molecule has 0 fully saturated rings. The van der Waals surface area contributed by atoms with Crippen LogP contribution < -0.4 is 0 Å². The average Bonchev–Trinajstić information content (AvgIpc) is 3.06. The highest BCUT2D eigenvalue weighted by Crippen LogP contribution is 2.25. The molecule has 0 radical (unpaired) electrons. The van der Waals surface area contributed by atoms with Gasteiger partial charge in [-0.05, 0) is 12.5 Å². The Balaban J connectivity index is 1.77. The van der Waals surface area contributed by atoms with Crippen LogP contribution in [-0.4, -0.2) is 22.0 Å². The molecule has 0 saturated heterocycles. The molecule has 0 aliphatic heterocycles. The first-order chi connectivity index (χ1) is 10.3. The summed E-state index contributed by atoms with van der Waals surface area (Å²) >= 11 is 3.11. The molecule has 0 unspecified atom stereocenters. The number of nitrogens with zero attached hydrogens (tertiary/aromatic N) is 2. The fourth-order valence-corrected chi connectivity index (χ4v) is 3.65. The van der Waals surface area contributed by atoms with E-state index in [0.29, 0.717) is 12.3 Å². The topological polar surface area (TPSA) is 43.6 Å². The highest BCUT2D eigenvalue weighted by molar-refractivity contribution is 7.98. The summed E-state index contributed by atoms with van der Waals surface area (Å²) in [4.78, 5) is 17.2. The molecule has 0 aliphatic rings. The van der Waals surface area contributed by atoms with Crippen molar-refractivity contribution in [3.8, 4) is 0 Å². The number of fused-ring (bicyclic) bond motifs is 1. The number of rotatable bonds is 5. The zero-order valence-electron chi connectivity index (χ0n) is 11.5. The second kappa shape index (κ2) is 6.32. The van der Waals surface area contributed by atoms with E-state index in [1.54, 1.807) is 28.5 Å². The van der Waals surface area contributed by atoms with Crippen LogP contribution in [0.1, 0.15) is 23.0 Å². The number of hydrogen-bond acceptors (Lipinski definition) is 5. The Morgan fingerprint density at radius 2 is 2.19 bits per heavy atom. The second-order valence-corrected chi connectivity index (χ2v) is 6.18. The van der Waals surface area contributed by atoms with Crippen LogP contribution >= 0.6 is 23.1 Å². The van der Waals surface area contributed by atoms with E-state index in [0.717, 1.165) is 15.7 Å².